The van der Waals surface area contributed by atoms with Gasteiger partial charge in [-0.15, -0.1) is 20.5 Å². The van der Waals surface area contributed by atoms with Crippen LogP contribution >= 0.6 is 0 Å². The van der Waals surface area contributed by atoms with Crippen molar-refractivity contribution in [3.8, 4) is 0 Å². The van der Waals surface area contributed by atoms with Crippen molar-refractivity contribution in [3.05, 3.63) is 0 Å². The van der Waals surface area contributed by atoms with Crippen LogP contribution < -0.4 is 47.1 Å². The zero-order chi connectivity index (χ0) is 30.9. The van der Waals surface area contributed by atoms with E-state index in [0.717, 1.165) is 117 Å². The number of aliphatic hydroxyl groups is 4. The summed E-state index contributed by atoms with van der Waals surface area (Å²) < 4.78 is 67.9. The molecule has 0 aromatic carbocycles. The first kappa shape index (κ1) is 42.1. The van der Waals surface area contributed by atoms with E-state index in [1.165, 1.54) is 0 Å². The third-order valence-corrected chi connectivity index (χ3v) is 6.21. The van der Waals surface area contributed by atoms with Crippen molar-refractivity contribution in [2.75, 3.05) is 105 Å². The van der Waals surface area contributed by atoms with Gasteiger partial charge in [0.05, 0.1) is 39.3 Å². The molecule has 1 aliphatic rings. The summed E-state index contributed by atoms with van der Waals surface area (Å²) in [6.45, 7) is 13.5. The summed E-state index contributed by atoms with van der Waals surface area (Å²) in [5.41, 5.74) is 0. The summed E-state index contributed by atoms with van der Waals surface area (Å²) in [6, 6.07) is 0. The molecule has 0 aromatic heterocycles. The minimum atomic E-state index is -4.94. The van der Waals surface area contributed by atoms with E-state index < -0.39 is 20.5 Å². The Bertz CT molecular complexity index is 461. The number of rotatable bonds is 12. The molecule has 2 atom stereocenters. The lowest BCUT2D eigenvalue weighted by Crippen LogP contribution is -3.13. The van der Waals surface area contributed by atoms with Crippen LogP contribution in [0.15, 0.2) is 0 Å². The molecule has 0 radical (unpaired) electrons. The third kappa shape index (κ3) is 36.0. The lowest BCUT2D eigenvalue weighted by Gasteiger charge is -2.30. The Kier molecular flexibility index (Phi) is 27.9. The van der Waals surface area contributed by atoms with E-state index in [2.05, 4.69) is 9.80 Å². The highest BCUT2D eigenvalue weighted by atomic mass is 35.7. The monoisotopic (exact) mass is 632 g/mol. The van der Waals surface area contributed by atoms with Gasteiger partial charge in [0.1, 0.15) is 0 Å². The molecule has 1 rings (SSSR count). The molecule has 244 valence electrons. The Hall–Kier alpha value is -0.0600. The lowest BCUT2D eigenvalue weighted by molar-refractivity contribution is -2.00. The van der Waals surface area contributed by atoms with Crippen LogP contribution in [0, 0.1) is 20.5 Å². The second-order valence-electron chi connectivity index (χ2n) is 9.45. The van der Waals surface area contributed by atoms with Crippen LogP contribution in [0.3, 0.4) is 0 Å². The van der Waals surface area contributed by atoms with E-state index in [9.17, 15) is 20.4 Å². The molecule has 16 nitrogen and oxygen atoms in total. The molecule has 0 aliphatic carbocycles. The van der Waals surface area contributed by atoms with E-state index in [1.807, 2.05) is 0 Å². The summed E-state index contributed by atoms with van der Waals surface area (Å²) >= 11 is 0. The van der Waals surface area contributed by atoms with Crippen LogP contribution in [-0.2, 0) is 0 Å². The van der Waals surface area contributed by atoms with Gasteiger partial charge in [0.15, 0.2) is 0 Å². The fourth-order valence-electron chi connectivity index (χ4n) is 4.41. The van der Waals surface area contributed by atoms with Crippen molar-refractivity contribution in [3.63, 3.8) is 0 Å². The minimum Gasteiger partial charge on any atom is -0.396 e. The zero-order valence-corrected chi connectivity index (χ0v) is 24.8. The maximum Gasteiger partial charge on any atom is 0.0900 e. The topological polar surface area (TPSA) is 281 Å². The van der Waals surface area contributed by atoms with Crippen molar-refractivity contribution in [1.82, 2.24) is 9.80 Å². The number of nitrogens with zero attached hydrogens (tertiary/aromatic N) is 2. The van der Waals surface area contributed by atoms with Crippen LogP contribution in [0.1, 0.15) is 38.5 Å². The van der Waals surface area contributed by atoms with Crippen molar-refractivity contribution >= 4 is 0 Å². The van der Waals surface area contributed by atoms with Crippen LogP contribution in [0.2, 0.25) is 0 Å². The number of hydrogen-bond donors (Lipinski definition) is 6. The molecular formula is C22H50Cl2N4O12. The summed E-state index contributed by atoms with van der Waals surface area (Å²) in [6.07, 6.45) is 5.62. The first-order valence-electron chi connectivity index (χ1n) is 13.5. The van der Waals surface area contributed by atoms with Crippen LogP contribution in [0.4, 0.5) is 0 Å². The summed E-state index contributed by atoms with van der Waals surface area (Å²) in [5, 5.41) is 37.1. The lowest BCUT2D eigenvalue weighted by atomic mass is 10.2. The van der Waals surface area contributed by atoms with Gasteiger partial charge in [-0.25, -0.2) is 37.3 Å². The van der Waals surface area contributed by atoms with Gasteiger partial charge in [-0.2, -0.15) is 0 Å². The van der Waals surface area contributed by atoms with Crippen LogP contribution in [0.5, 0.6) is 0 Å². The molecule has 1 heterocycles. The molecule has 1 saturated heterocycles. The molecule has 0 bridgehead atoms. The van der Waals surface area contributed by atoms with Crippen LogP contribution in [0.25, 0.3) is 0 Å². The summed E-state index contributed by atoms with van der Waals surface area (Å²) in [5.74, 6) is 0. The fourth-order valence-corrected chi connectivity index (χ4v) is 4.41. The highest BCUT2D eigenvalue weighted by Gasteiger charge is 2.17. The maximum absolute atomic E-state index is 9.27. The van der Waals surface area contributed by atoms with Crippen molar-refractivity contribution < 1.29 is 88.0 Å². The first-order chi connectivity index (χ1) is 18.7. The van der Waals surface area contributed by atoms with E-state index in [4.69, 9.17) is 37.3 Å². The number of hydrogen-bond acceptors (Lipinski definition) is 14. The van der Waals surface area contributed by atoms with Gasteiger partial charge in [-0.1, -0.05) is 0 Å². The van der Waals surface area contributed by atoms with Crippen LogP contribution in [-0.4, -0.2) is 135 Å². The Morgan fingerprint density at radius 3 is 1.05 bits per heavy atom. The second kappa shape index (κ2) is 26.6. The number of halogens is 2. The molecule has 0 aromatic rings. The highest BCUT2D eigenvalue weighted by molar-refractivity contribution is 4.61. The smallest absolute Gasteiger partial charge is 0.0900 e. The Balaban J connectivity index is 0. The number of nitrogens with one attached hydrogen (secondary N) is 2. The van der Waals surface area contributed by atoms with Crippen molar-refractivity contribution in [2.45, 2.75) is 38.5 Å². The SMILES string of the molecule is OCCCN1CCC[NH+](CCCO)CCN(CCCO)CCC[NH+](CCCO)CC1.[O-][Cl+3]([O-])([O-])[O-].[O-][Cl+3]([O-])([O-])[O-]. The van der Waals surface area contributed by atoms with Gasteiger partial charge >= 0.3 is 0 Å². The molecule has 0 saturated carbocycles. The van der Waals surface area contributed by atoms with Gasteiger partial charge in [-0.05, 0) is 12.8 Å². The van der Waals surface area contributed by atoms with Gasteiger partial charge in [-0.3, -0.25) is 9.80 Å². The molecule has 1 aliphatic heterocycles. The second-order valence-corrected chi connectivity index (χ2v) is 11.0. The maximum atomic E-state index is 9.27. The largest absolute Gasteiger partial charge is 0.396 e. The standard InChI is InChI=1S/C22H48N4O4.2ClHO4/c27-19-3-11-23-7-1-8-24(12-4-20-28)16-18-26(14-6-22-30)10-2-9-25(17-15-23)13-5-21-29;2*2-1(3,4)5/h27-30H,1-22H2;2*(H,2,3,4,5). The Labute approximate surface area is 241 Å². The molecule has 6 N–H and O–H groups in total. The predicted octanol–water partition coefficient (Wildman–Crippen LogP) is -12.8. The molecule has 1 fully saturated rings. The molecule has 0 spiro atoms. The average molecular weight is 634 g/mol. The van der Waals surface area contributed by atoms with Crippen molar-refractivity contribution in [1.29, 1.82) is 0 Å². The quantitative estimate of drug-likeness (QED) is 0.116. The van der Waals surface area contributed by atoms with Gasteiger partial charge in [0.25, 0.3) is 0 Å². The molecule has 0 amide bonds. The van der Waals surface area contributed by atoms with E-state index in [0.29, 0.717) is 0 Å². The predicted molar refractivity (Wildman–Crippen MR) is 120 cm³/mol. The Morgan fingerprint density at radius 2 is 0.775 bits per heavy atom. The zero-order valence-electron chi connectivity index (χ0n) is 23.3. The van der Waals surface area contributed by atoms with E-state index in [1.54, 1.807) is 9.80 Å². The summed E-state index contributed by atoms with van der Waals surface area (Å²) in [7, 11) is -9.89. The fraction of sp³-hybridized carbons (Fsp3) is 1.00. The molecule has 18 heteroatoms. The molecular weight excluding hydrogens is 583 g/mol. The first-order valence-corrected chi connectivity index (χ1v) is 16.0. The van der Waals surface area contributed by atoms with Gasteiger partial charge in [0, 0.05) is 91.4 Å². The molecule has 40 heavy (non-hydrogen) atoms. The highest BCUT2D eigenvalue weighted by Crippen LogP contribution is 1.95. The third-order valence-electron chi connectivity index (χ3n) is 6.21. The number of aliphatic hydroxyl groups excluding tert-OH is 4. The Morgan fingerprint density at radius 1 is 0.475 bits per heavy atom. The average Bonchev–Trinajstić information content (AvgIpc) is 2.84. The van der Waals surface area contributed by atoms with Gasteiger partial charge in [0.2, 0.25) is 0 Å². The minimum absolute atomic E-state index is 0.245. The molecule has 2 unspecified atom stereocenters. The van der Waals surface area contributed by atoms with E-state index in [-0.39, 0.29) is 26.4 Å². The number of quaternary nitrogens is 2. The van der Waals surface area contributed by atoms with Crippen molar-refractivity contribution in [2.24, 2.45) is 0 Å². The normalized spacial score (nSPS) is 21.0. The van der Waals surface area contributed by atoms with E-state index >= 15 is 0 Å². The van der Waals surface area contributed by atoms with Gasteiger partial charge < -0.3 is 30.2 Å². The summed E-state index contributed by atoms with van der Waals surface area (Å²) in [4.78, 5) is 8.12.